The van der Waals surface area contributed by atoms with Crippen molar-refractivity contribution in [3.8, 4) is 5.75 Å². The van der Waals surface area contributed by atoms with Gasteiger partial charge < -0.3 is 10.4 Å². The fourth-order valence-corrected chi connectivity index (χ4v) is 2.01. The molecule has 1 fully saturated rings. The van der Waals surface area contributed by atoms with Gasteiger partial charge in [-0.15, -0.1) is 0 Å². The van der Waals surface area contributed by atoms with E-state index in [2.05, 4.69) is 5.32 Å². The standard InChI is InChI=1S/C13H17NO2/c1-9(10-5-4-6-10)14-13(16)11-7-2-3-8-12(11)15/h2-3,7-10,15H,4-6H2,1H3,(H,14,16)/t9-/m0/s1. The number of phenols is 1. The van der Waals surface area contributed by atoms with Crippen molar-refractivity contribution in [3.05, 3.63) is 29.8 Å². The van der Waals surface area contributed by atoms with E-state index >= 15 is 0 Å². The summed E-state index contributed by atoms with van der Waals surface area (Å²) in [6.45, 7) is 2.03. The van der Waals surface area contributed by atoms with E-state index in [9.17, 15) is 9.90 Å². The van der Waals surface area contributed by atoms with Gasteiger partial charge in [-0.2, -0.15) is 0 Å². The molecule has 0 spiro atoms. The lowest BCUT2D eigenvalue weighted by Crippen LogP contribution is -2.40. The summed E-state index contributed by atoms with van der Waals surface area (Å²) in [5.74, 6) is 0.466. The maximum Gasteiger partial charge on any atom is 0.255 e. The molecule has 1 aromatic rings. The van der Waals surface area contributed by atoms with Crippen LogP contribution in [0.1, 0.15) is 36.5 Å². The van der Waals surface area contributed by atoms with Gasteiger partial charge in [-0.05, 0) is 37.8 Å². The number of nitrogens with one attached hydrogen (secondary N) is 1. The Morgan fingerprint density at radius 1 is 1.44 bits per heavy atom. The second-order valence-electron chi connectivity index (χ2n) is 4.47. The summed E-state index contributed by atoms with van der Waals surface area (Å²) < 4.78 is 0. The third-order valence-corrected chi connectivity index (χ3v) is 3.36. The van der Waals surface area contributed by atoms with Crippen LogP contribution in [0.5, 0.6) is 5.75 Å². The zero-order valence-corrected chi connectivity index (χ0v) is 9.44. The van der Waals surface area contributed by atoms with Crippen LogP contribution < -0.4 is 5.32 Å². The second kappa shape index (κ2) is 4.56. The van der Waals surface area contributed by atoms with Crippen molar-refractivity contribution in [2.75, 3.05) is 0 Å². The summed E-state index contributed by atoms with van der Waals surface area (Å²) in [7, 11) is 0. The van der Waals surface area contributed by atoms with Crippen LogP contribution in [0.25, 0.3) is 0 Å². The lowest BCUT2D eigenvalue weighted by atomic mass is 9.80. The first kappa shape index (κ1) is 11.0. The van der Waals surface area contributed by atoms with E-state index in [4.69, 9.17) is 0 Å². The van der Waals surface area contributed by atoms with Gasteiger partial charge in [0.05, 0.1) is 5.56 Å². The second-order valence-corrected chi connectivity index (χ2v) is 4.47. The number of aromatic hydroxyl groups is 1. The minimum absolute atomic E-state index is 0.0424. The number of amides is 1. The fraction of sp³-hybridized carbons (Fsp3) is 0.462. The molecule has 3 nitrogen and oxygen atoms in total. The van der Waals surface area contributed by atoms with Crippen molar-refractivity contribution in [1.82, 2.24) is 5.32 Å². The molecule has 1 amide bonds. The third-order valence-electron chi connectivity index (χ3n) is 3.36. The van der Waals surface area contributed by atoms with Gasteiger partial charge in [-0.3, -0.25) is 4.79 Å². The fourth-order valence-electron chi connectivity index (χ4n) is 2.01. The number of para-hydroxylation sites is 1. The van der Waals surface area contributed by atoms with Crippen LogP contribution in [-0.4, -0.2) is 17.1 Å². The molecule has 0 radical (unpaired) electrons. The minimum atomic E-state index is -0.183. The van der Waals surface area contributed by atoms with Crippen molar-refractivity contribution < 1.29 is 9.90 Å². The summed E-state index contributed by atoms with van der Waals surface area (Å²) in [5.41, 5.74) is 0.355. The maximum absolute atomic E-state index is 11.8. The van der Waals surface area contributed by atoms with Crippen LogP contribution in [-0.2, 0) is 0 Å². The van der Waals surface area contributed by atoms with Gasteiger partial charge in [-0.1, -0.05) is 18.6 Å². The number of phenolic OH excluding ortho intramolecular Hbond substituents is 1. The van der Waals surface area contributed by atoms with Crippen molar-refractivity contribution in [3.63, 3.8) is 0 Å². The lowest BCUT2D eigenvalue weighted by molar-refractivity contribution is 0.0906. The van der Waals surface area contributed by atoms with Crippen molar-refractivity contribution in [2.24, 2.45) is 5.92 Å². The number of hydrogen-bond donors (Lipinski definition) is 2. The van der Waals surface area contributed by atoms with E-state index in [1.165, 1.54) is 25.3 Å². The monoisotopic (exact) mass is 219 g/mol. The summed E-state index contributed by atoms with van der Waals surface area (Å²) in [5, 5.41) is 12.5. The van der Waals surface area contributed by atoms with Crippen LogP contribution in [0.2, 0.25) is 0 Å². The molecule has 86 valence electrons. The number of hydrogen-bond acceptors (Lipinski definition) is 2. The molecule has 0 aliphatic heterocycles. The van der Waals surface area contributed by atoms with Crippen molar-refractivity contribution in [1.29, 1.82) is 0 Å². The average Bonchev–Trinajstić information content (AvgIpc) is 2.15. The van der Waals surface area contributed by atoms with Crippen LogP contribution in [0.4, 0.5) is 0 Å². The Morgan fingerprint density at radius 2 is 2.12 bits per heavy atom. The predicted octanol–water partition coefficient (Wildman–Crippen LogP) is 2.31. The molecule has 2 rings (SSSR count). The molecule has 0 aromatic heterocycles. The van der Waals surface area contributed by atoms with E-state index in [0.29, 0.717) is 11.5 Å². The Balaban J connectivity index is 2.00. The quantitative estimate of drug-likeness (QED) is 0.819. The highest BCUT2D eigenvalue weighted by molar-refractivity contribution is 5.96. The molecule has 0 saturated heterocycles. The highest BCUT2D eigenvalue weighted by Gasteiger charge is 2.25. The van der Waals surface area contributed by atoms with Crippen LogP contribution in [0.3, 0.4) is 0 Å². The van der Waals surface area contributed by atoms with E-state index in [-0.39, 0.29) is 17.7 Å². The van der Waals surface area contributed by atoms with Gasteiger partial charge in [0, 0.05) is 6.04 Å². The summed E-state index contributed by atoms with van der Waals surface area (Å²) in [4.78, 5) is 11.8. The van der Waals surface area contributed by atoms with E-state index in [0.717, 1.165) is 0 Å². The molecule has 16 heavy (non-hydrogen) atoms. The first-order valence-electron chi connectivity index (χ1n) is 5.77. The molecule has 1 saturated carbocycles. The zero-order valence-electron chi connectivity index (χ0n) is 9.44. The van der Waals surface area contributed by atoms with Gasteiger partial charge in [0.2, 0.25) is 0 Å². The molecule has 0 heterocycles. The number of carbonyl (C=O) groups is 1. The predicted molar refractivity (Wildman–Crippen MR) is 62.4 cm³/mol. The van der Waals surface area contributed by atoms with E-state index in [1.807, 2.05) is 6.92 Å². The average molecular weight is 219 g/mol. The van der Waals surface area contributed by atoms with Gasteiger partial charge in [-0.25, -0.2) is 0 Å². The molecule has 0 bridgehead atoms. The lowest BCUT2D eigenvalue weighted by Gasteiger charge is -2.31. The van der Waals surface area contributed by atoms with Crippen LogP contribution in [0.15, 0.2) is 24.3 Å². The minimum Gasteiger partial charge on any atom is -0.507 e. The van der Waals surface area contributed by atoms with Crippen molar-refractivity contribution in [2.45, 2.75) is 32.2 Å². The Bertz CT molecular complexity index is 385. The van der Waals surface area contributed by atoms with Gasteiger partial charge >= 0.3 is 0 Å². The third kappa shape index (κ3) is 2.18. The summed E-state index contributed by atoms with van der Waals surface area (Å²) in [6.07, 6.45) is 3.66. The Hall–Kier alpha value is -1.51. The molecule has 1 aliphatic carbocycles. The molecule has 0 unspecified atom stereocenters. The van der Waals surface area contributed by atoms with Crippen LogP contribution >= 0.6 is 0 Å². The maximum atomic E-state index is 11.8. The van der Waals surface area contributed by atoms with Crippen molar-refractivity contribution >= 4 is 5.91 Å². The van der Waals surface area contributed by atoms with E-state index in [1.54, 1.807) is 18.2 Å². The smallest absolute Gasteiger partial charge is 0.255 e. The highest BCUT2D eigenvalue weighted by atomic mass is 16.3. The van der Waals surface area contributed by atoms with Gasteiger partial charge in [0.15, 0.2) is 0 Å². The Kier molecular flexibility index (Phi) is 3.13. The number of rotatable bonds is 3. The molecule has 2 N–H and O–H groups in total. The SMILES string of the molecule is C[C@H](NC(=O)c1ccccc1O)C1CCC1. The molecular formula is C13H17NO2. The normalized spacial score (nSPS) is 17.6. The molecular weight excluding hydrogens is 202 g/mol. The molecule has 1 aromatic carbocycles. The first-order chi connectivity index (χ1) is 7.68. The number of benzene rings is 1. The van der Waals surface area contributed by atoms with Gasteiger partial charge in [0.25, 0.3) is 5.91 Å². The van der Waals surface area contributed by atoms with Gasteiger partial charge in [0.1, 0.15) is 5.75 Å². The Morgan fingerprint density at radius 3 is 2.69 bits per heavy atom. The molecule has 1 atom stereocenters. The molecule has 3 heteroatoms. The van der Waals surface area contributed by atoms with Crippen LogP contribution in [0, 0.1) is 5.92 Å². The summed E-state index contributed by atoms with van der Waals surface area (Å²) >= 11 is 0. The van der Waals surface area contributed by atoms with E-state index < -0.39 is 0 Å². The highest BCUT2D eigenvalue weighted by Crippen LogP contribution is 2.29. The first-order valence-corrected chi connectivity index (χ1v) is 5.77. The topological polar surface area (TPSA) is 49.3 Å². The zero-order chi connectivity index (χ0) is 11.5. The Labute approximate surface area is 95.5 Å². The number of carbonyl (C=O) groups excluding carboxylic acids is 1. The summed E-state index contributed by atoms with van der Waals surface area (Å²) in [6, 6.07) is 6.83. The molecule has 1 aliphatic rings. The largest absolute Gasteiger partial charge is 0.507 e.